The third-order valence-corrected chi connectivity index (χ3v) is 6.91. The van der Waals surface area contributed by atoms with E-state index in [4.69, 9.17) is 11.6 Å². The van der Waals surface area contributed by atoms with Crippen LogP contribution in [-0.2, 0) is 23.1 Å². The Morgan fingerprint density at radius 3 is 2.26 bits per heavy atom. The van der Waals surface area contributed by atoms with Crippen molar-refractivity contribution < 1.29 is 17.6 Å². The highest BCUT2D eigenvalue weighted by Gasteiger charge is 2.24. The van der Waals surface area contributed by atoms with Gasteiger partial charge in [-0.15, -0.1) is 0 Å². The van der Waals surface area contributed by atoms with E-state index < -0.39 is 21.7 Å². The highest BCUT2D eigenvalue weighted by molar-refractivity contribution is 7.89. The lowest BCUT2D eigenvalue weighted by atomic mass is 10.1. The molecule has 0 aliphatic heterocycles. The maximum atomic E-state index is 13.4. The highest BCUT2D eigenvalue weighted by Crippen LogP contribution is 2.25. The molecule has 0 aromatic heterocycles. The van der Waals surface area contributed by atoms with E-state index in [0.717, 1.165) is 5.56 Å². The molecule has 3 rings (SSSR count). The smallest absolute Gasteiger partial charge is 0.255 e. The number of sulfonamides is 1. The molecule has 0 fully saturated rings. The van der Waals surface area contributed by atoms with Crippen LogP contribution in [0.15, 0.2) is 77.7 Å². The molecule has 0 spiro atoms. The first-order chi connectivity index (χ1) is 14.7. The number of carbonyl (C=O) groups is 1. The van der Waals surface area contributed by atoms with Crippen LogP contribution >= 0.6 is 11.6 Å². The van der Waals surface area contributed by atoms with E-state index in [1.807, 2.05) is 30.3 Å². The third kappa shape index (κ3) is 5.50. The molecule has 0 radical (unpaired) electrons. The quantitative estimate of drug-likeness (QED) is 0.519. The van der Waals surface area contributed by atoms with Crippen LogP contribution in [0.2, 0.25) is 5.02 Å². The molecule has 0 saturated carbocycles. The zero-order chi connectivity index (χ0) is 22.6. The van der Waals surface area contributed by atoms with Gasteiger partial charge in [-0.1, -0.05) is 54.1 Å². The maximum Gasteiger partial charge on any atom is 0.255 e. The lowest BCUT2D eigenvalue weighted by Gasteiger charge is -2.20. The largest absolute Gasteiger partial charge is 0.337 e. The van der Waals surface area contributed by atoms with Crippen molar-refractivity contribution in [2.45, 2.75) is 18.0 Å². The summed E-state index contributed by atoms with van der Waals surface area (Å²) in [4.78, 5) is 14.3. The van der Waals surface area contributed by atoms with Crippen LogP contribution in [0.5, 0.6) is 0 Å². The van der Waals surface area contributed by atoms with E-state index in [9.17, 15) is 17.6 Å². The average molecular weight is 461 g/mol. The van der Waals surface area contributed by atoms with Crippen molar-refractivity contribution in [2.24, 2.45) is 0 Å². The van der Waals surface area contributed by atoms with Crippen molar-refractivity contribution in [3.05, 3.63) is 100 Å². The Balaban J connectivity index is 1.83. The number of rotatable bonds is 7. The van der Waals surface area contributed by atoms with Gasteiger partial charge in [-0.2, -0.15) is 4.31 Å². The fourth-order valence-electron chi connectivity index (χ4n) is 3.12. The fourth-order valence-corrected chi connectivity index (χ4v) is 4.50. The van der Waals surface area contributed by atoms with Crippen LogP contribution in [-0.4, -0.2) is 37.6 Å². The summed E-state index contributed by atoms with van der Waals surface area (Å²) in [6, 6.07) is 19.2. The zero-order valence-corrected chi connectivity index (χ0v) is 18.7. The summed E-state index contributed by atoms with van der Waals surface area (Å²) in [5, 5.41) is 0.140. The van der Waals surface area contributed by atoms with Gasteiger partial charge in [0.25, 0.3) is 5.91 Å². The van der Waals surface area contributed by atoms with Gasteiger partial charge in [-0.05, 0) is 41.5 Å². The predicted octanol–water partition coefficient (Wildman–Crippen LogP) is 4.57. The molecule has 0 atom stereocenters. The molecule has 3 aromatic rings. The number of hydrogen-bond donors (Lipinski definition) is 0. The first kappa shape index (κ1) is 22.9. The minimum atomic E-state index is -3.85. The Labute approximate surface area is 186 Å². The molecular weight excluding hydrogens is 439 g/mol. The summed E-state index contributed by atoms with van der Waals surface area (Å²) in [5.74, 6) is -0.858. The summed E-state index contributed by atoms with van der Waals surface area (Å²) < 4.78 is 40.7. The predicted molar refractivity (Wildman–Crippen MR) is 119 cm³/mol. The van der Waals surface area contributed by atoms with E-state index in [0.29, 0.717) is 5.56 Å². The molecule has 0 N–H and O–H groups in total. The second kappa shape index (κ2) is 9.60. The summed E-state index contributed by atoms with van der Waals surface area (Å²) in [5.41, 5.74) is 1.52. The molecule has 8 heteroatoms. The van der Waals surface area contributed by atoms with Crippen molar-refractivity contribution in [2.75, 3.05) is 14.1 Å². The Kier molecular flexibility index (Phi) is 7.10. The zero-order valence-electron chi connectivity index (χ0n) is 17.1. The van der Waals surface area contributed by atoms with Crippen LogP contribution in [0.4, 0.5) is 4.39 Å². The van der Waals surface area contributed by atoms with Gasteiger partial charge in [0.15, 0.2) is 0 Å². The molecule has 0 aliphatic rings. The molecule has 0 bridgehead atoms. The summed E-state index contributed by atoms with van der Waals surface area (Å²) in [7, 11) is -0.817. The lowest BCUT2D eigenvalue weighted by molar-refractivity contribution is 0.0785. The average Bonchev–Trinajstić information content (AvgIpc) is 2.74. The van der Waals surface area contributed by atoms with Gasteiger partial charge < -0.3 is 4.90 Å². The Morgan fingerprint density at radius 1 is 0.903 bits per heavy atom. The molecule has 162 valence electrons. The molecule has 5 nitrogen and oxygen atoms in total. The van der Waals surface area contributed by atoms with E-state index in [-0.39, 0.29) is 28.6 Å². The van der Waals surface area contributed by atoms with Gasteiger partial charge in [-0.3, -0.25) is 4.79 Å². The highest BCUT2D eigenvalue weighted by atomic mass is 35.5. The second-order valence-corrected chi connectivity index (χ2v) is 9.63. The van der Waals surface area contributed by atoms with Crippen LogP contribution in [0, 0.1) is 5.82 Å². The van der Waals surface area contributed by atoms with Gasteiger partial charge in [0.1, 0.15) is 5.82 Å². The molecule has 0 aliphatic carbocycles. The molecule has 0 heterocycles. The molecule has 0 saturated heterocycles. The normalized spacial score (nSPS) is 11.5. The SMILES string of the molecule is CN(Cc1cccc(F)c1)C(=O)c1cc(S(=O)(=O)N(C)Cc2ccccc2)ccc1Cl. The molecule has 31 heavy (non-hydrogen) atoms. The Morgan fingerprint density at radius 2 is 1.58 bits per heavy atom. The number of benzene rings is 3. The van der Waals surface area contributed by atoms with E-state index >= 15 is 0 Å². The van der Waals surface area contributed by atoms with Gasteiger partial charge >= 0.3 is 0 Å². The fraction of sp³-hybridized carbons (Fsp3) is 0.174. The number of amides is 1. The van der Waals surface area contributed by atoms with Crippen LogP contribution in [0.3, 0.4) is 0 Å². The standard InChI is InChI=1S/C23H22ClFN2O3S/c1-26(15-18-9-6-10-19(25)13-18)23(28)21-14-20(11-12-22(21)24)31(29,30)27(2)16-17-7-4-3-5-8-17/h3-14H,15-16H2,1-2H3. The first-order valence-electron chi connectivity index (χ1n) is 9.48. The summed E-state index contributed by atoms with van der Waals surface area (Å²) >= 11 is 6.21. The van der Waals surface area contributed by atoms with Crippen molar-refractivity contribution in [1.29, 1.82) is 0 Å². The van der Waals surface area contributed by atoms with Crippen molar-refractivity contribution >= 4 is 27.5 Å². The van der Waals surface area contributed by atoms with Crippen LogP contribution < -0.4 is 0 Å². The van der Waals surface area contributed by atoms with E-state index in [1.165, 1.54) is 46.6 Å². The second-order valence-electron chi connectivity index (χ2n) is 7.18. The van der Waals surface area contributed by atoms with Crippen molar-refractivity contribution in [3.63, 3.8) is 0 Å². The lowest BCUT2D eigenvalue weighted by Crippen LogP contribution is -2.28. The van der Waals surface area contributed by atoms with E-state index in [1.54, 1.807) is 19.2 Å². The van der Waals surface area contributed by atoms with Gasteiger partial charge in [0, 0.05) is 27.2 Å². The summed E-state index contributed by atoms with van der Waals surface area (Å²) in [6.07, 6.45) is 0. The minimum absolute atomic E-state index is 0.0298. The van der Waals surface area contributed by atoms with E-state index in [2.05, 4.69) is 0 Å². The number of nitrogens with zero attached hydrogens (tertiary/aromatic N) is 2. The number of halogens is 2. The molecule has 1 amide bonds. The van der Waals surface area contributed by atoms with Gasteiger partial charge in [0.05, 0.1) is 15.5 Å². The monoisotopic (exact) mass is 460 g/mol. The van der Waals surface area contributed by atoms with Crippen molar-refractivity contribution in [3.8, 4) is 0 Å². The third-order valence-electron chi connectivity index (χ3n) is 4.78. The Hall–Kier alpha value is -2.74. The maximum absolute atomic E-state index is 13.4. The molecule has 0 unspecified atom stereocenters. The Bertz CT molecular complexity index is 1190. The van der Waals surface area contributed by atoms with Crippen molar-refractivity contribution in [1.82, 2.24) is 9.21 Å². The van der Waals surface area contributed by atoms with Crippen LogP contribution in [0.25, 0.3) is 0 Å². The van der Waals surface area contributed by atoms with Gasteiger partial charge in [-0.25, -0.2) is 12.8 Å². The molecular formula is C23H22ClFN2O3S. The van der Waals surface area contributed by atoms with Crippen LogP contribution in [0.1, 0.15) is 21.5 Å². The number of carbonyl (C=O) groups excluding carboxylic acids is 1. The topological polar surface area (TPSA) is 57.7 Å². The minimum Gasteiger partial charge on any atom is -0.337 e. The number of hydrogen-bond acceptors (Lipinski definition) is 3. The summed E-state index contributed by atoms with van der Waals surface area (Å²) in [6.45, 7) is 0.340. The first-order valence-corrected chi connectivity index (χ1v) is 11.3. The van der Waals surface area contributed by atoms with Gasteiger partial charge in [0.2, 0.25) is 10.0 Å². The molecule has 3 aromatic carbocycles.